The first-order valence-corrected chi connectivity index (χ1v) is 8.47. The number of hydrogen-bond acceptors (Lipinski definition) is 4. The second-order valence-electron chi connectivity index (χ2n) is 6.58. The average Bonchev–Trinajstić information content (AvgIpc) is 3.41. The lowest BCUT2D eigenvalue weighted by Gasteiger charge is -2.20. The van der Waals surface area contributed by atoms with Gasteiger partial charge >= 0.3 is 0 Å². The van der Waals surface area contributed by atoms with Crippen molar-refractivity contribution in [3.63, 3.8) is 0 Å². The minimum Gasteiger partial charge on any atom is -0.391 e. The van der Waals surface area contributed by atoms with Crippen molar-refractivity contribution in [3.8, 4) is 11.3 Å². The Morgan fingerprint density at radius 2 is 2.08 bits per heavy atom. The Kier molecular flexibility index (Phi) is 3.97. The molecule has 0 radical (unpaired) electrons. The number of nitrogens with zero attached hydrogens (tertiary/aromatic N) is 4. The molecule has 0 aliphatic heterocycles. The van der Waals surface area contributed by atoms with Crippen molar-refractivity contribution >= 4 is 11.6 Å². The number of likely N-dealkylation sites (N-methyl/N-ethyl adjacent to an activating group) is 1. The Morgan fingerprint density at radius 3 is 2.80 bits per heavy atom. The van der Waals surface area contributed by atoms with Crippen LogP contribution >= 0.6 is 0 Å². The molecule has 0 spiro atoms. The van der Waals surface area contributed by atoms with Crippen molar-refractivity contribution in [1.82, 2.24) is 19.5 Å². The Labute approximate surface area is 145 Å². The van der Waals surface area contributed by atoms with Gasteiger partial charge in [0.25, 0.3) is 5.91 Å². The van der Waals surface area contributed by atoms with E-state index in [-0.39, 0.29) is 5.91 Å². The normalized spacial score (nSPS) is 15.3. The van der Waals surface area contributed by atoms with E-state index in [2.05, 4.69) is 10.1 Å². The summed E-state index contributed by atoms with van der Waals surface area (Å²) in [7, 11) is 1.71. The fourth-order valence-electron chi connectivity index (χ4n) is 3.07. The molecule has 1 aliphatic rings. The fraction of sp³-hybridized carbons (Fsp3) is 0.316. The van der Waals surface area contributed by atoms with E-state index in [1.807, 2.05) is 36.4 Å². The number of hydrogen-bond donors (Lipinski definition) is 1. The number of amides is 1. The SMILES string of the molecule is CN(CC(O)C1CC1)C(=O)c1cnn2c(-c3ccccc3)ccnc12. The van der Waals surface area contributed by atoms with Gasteiger partial charge in [0.05, 0.1) is 18.0 Å². The number of aliphatic hydroxyl groups is 1. The third kappa shape index (κ3) is 3.00. The molecule has 0 bridgehead atoms. The van der Waals surface area contributed by atoms with Crippen LogP contribution in [0.5, 0.6) is 0 Å². The molecule has 128 valence electrons. The lowest BCUT2D eigenvalue weighted by atomic mass is 10.1. The summed E-state index contributed by atoms with van der Waals surface area (Å²) in [4.78, 5) is 18.7. The summed E-state index contributed by atoms with van der Waals surface area (Å²) in [5, 5.41) is 14.5. The van der Waals surface area contributed by atoms with Gasteiger partial charge in [-0.3, -0.25) is 4.79 Å². The maximum atomic E-state index is 12.8. The fourth-order valence-corrected chi connectivity index (χ4v) is 3.07. The molecular formula is C19H20N4O2. The lowest BCUT2D eigenvalue weighted by Crippen LogP contribution is -2.35. The van der Waals surface area contributed by atoms with E-state index in [9.17, 15) is 9.90 Å². The highest BCUT2D eigenvalue weighted by atomic mass is 16.3. The van der Waals surface area contributed by atoms with Gasteiger partial charge in [0.2, 0.25) is 0 Å². The summed E-state index contributed by atoms with van der Waals surface area (Å²) in [5.41, 5.74) is 2.86. The molecule has 25 heavy (non-hydrogen) atoms. The smallest absolute Gasteiger partial charge is 0.259 e. The molecule has 2 aromatic heterocycles. The third-order valence-corrected chi connectivity index (χ3v) is 4.67. The molecule has 6 heteroatoms. The van der Waals surface area contributed by atoms with Gasteiger partial charge in [-0.25, -0.2) is 9.50 Å². The van der Waals surface area contributed by atoms with Crippen LogP contribution in [0.25, 0.3) is 16.9 Å². The van der Waals surface area contributed by atoms with Crippen molar-refractivity contribution in [1.29, 1.82) is 0 Å². The molecule has 4 rings (SSSR count). The zero-order chi connectivity index (χ0) is 17.4. The third-order valence-electron chi connectivity index (χ3n) is 4.67. The summed E-state index contributed by atoms with van der Waals surface area (Å²) >= 11 is 0. The summed E-state index contributed by atoms with van der Waals surface area (Å²) in [6.07, 6.45) is 4.87. The van der Waals surface area contributed by atoms with Crippen molar-refractivity contribution in [2.24, 2.45) is 5.92 Å². The number of aromatic nitrogens is 3. The van der Waals surface area contributed by atoms with E-state index >= 15 is 0 Å². The van der Waals surface area contributed by atoms with Crippen LogP contribution in [0.15, 0.2) is 48.8 Å². The Hall–Kier alpha value is -2.73. The minimum atomic E-state index is -0.455. The van der Waals surface area contributed by atoms with Crippen molar-refractivity contribution in [3.05, 3.63) is 54.4 Å². The van der Waals surface area contributed by atoms with Gasteiger partial charge in [-0.15, -0.1) is 0 Å². The molecule has 1 unspecified atom stereocenters. The Morgan fingerprint density at radius 1 is 1.32 bits per heavy atom. The number of aliphatic hydroxyl groups excluding tert-OH is 1. The average molecular weight is 336 g/mol. The molecule has 1 atom stereocenters. The largest absolute Gasteiger partial charge is 0.391 e. The molecule has 2 heterocycles. The first-order valence-electron chi connectivity index (χ1n) is 8.47. The van der Waals surface area contributed by atoms with Gasteiger partial charge in [-0.1, -0.05) is 30.3 Å². The second-order valence-corrected chi connectivity index (χ2v) is 6.58. The molecular weight excluding hydrogens is 316 g/mol. The summed E-state index contributed by atoms with van der Waals surface area (Å²) in [5.74, 6) is 0.161. The molecule has 6 nitrogen and oxygen atoms in total. The number of benzene rings is 1. The molecule has 1 amide bonds. The monoisotopic (exact) mass is 336 g/mol. The number of carbonyl (C=O) groups excluding carboxylic acids is 1. The standard InChI is InChI=1S/C19H20N4O2/c1-22(12-17(24)14-7-8-14)19(25)15-11-21-23-16(9-10-20-18(15)23)13-5-3-2-4-6-13/h2-6,9-11,14,17,24H,7-8,12H2,1H3. The number of rotatable bonds is 5. The van der Waals surface area contributed by atoms with Gasteiger partial charge in [-0.05, 0) is 24.8 Å². The molecule has 1 saturated carbocycles. The van der Waals surface area contributed by atoms with Crippen LogP contribution in [0, 0.1) is 5.92 Å². The molecule has 1 aliphatic carbocycles. The van der Waals surface area contributed by atoms with Crippen LogP contribution in [-0.2, 0) is 0 Å². The van der Waals surface area contributed by atoms with Crippen LogP contribution in [0.3, 0.4) is 0 Å². The molecule has 1 N–H and O–H groups in total. The maximum Gasteiger partial charge on any atom is 0.259 e. The van der Waals surface area contributed by atoms with Gasteiger partial charge in [0.1, 0.15) is 5.56 Å². The predicted molar refractivity (Wildman–Crippen MR) is 94.1 cm³/mol. The van der Waals surface area contributed by atoms with E-state index in [0.717, 1.165) is 24.1 Å². The Balaban J connectivity index is 1.65. The zero-order valence-electron chi connectivity index (χ0n) is 14.0. The Bertz CT molecular complexity index is 902. The number of carbonyl (C=O) groups is 1. The van der Waals surface area contributed by atoms with Gasteiger partial charge in [-0.2, -0.15) is 5.10 Å². The summed E-state index contributed by atoms with van der Waals surface area (Å²) < 4.78 is 1.69. The predicted octanol–water partition coefficient (Wildman–Crippen LogP) is 2.24. The first kappa shape index (κ1) is 15.8. The van der Waals surface area contributed by atoms with E-state index in [4.69, 9.17) is 0 Å². The summed E-state index contributed by atoms with van der Waals surface area (Å²) in [6.45, 7) is 0.333. The minimum absolute atomic E-state index is 0.174. The van der Waals surface area contributed by atoms with Crippen LogP contribution in [0.4, 0.5) is 0 Å². The van der Waals surface area contributed by atoms with E-state index in [1.54, 1.807) is 28.9 Å². The highest BCUT2D eigenvalue weighted by Gasteiger charge is 2.31. The van der Waals surface area contributed by atoms with Crippen LogP contribution in [0.1, 0.15) is 23.2 Å². The molecule has 3 aromatic rings. The lowest BCUT2D eigenvalue weighted by molar-refractivity contribution is 0.0647. The molecule has 1 fully saturated rings. The zero-order valence-corrected chi connectivity index (χ0v) is 14.0. The summed E-state index contributed by atoms with van der Waals surface area (Å²) in [6, 6.07) is 11.8. The van der Waals surface area contributed by atoms with E-state index in [0.29, 0.717) is 23.7 Å². The maximum absolute atomic E-state index is 12.8. The van der Waals surface area contributed by atoms with Gasteiger partial charge < -0.3 is 10.0 Å². The van der Waals surface area contributed by atoms with Crippen molar-refractivity contribution < 1.29 is 9.90 Å². The van der Waals surface area contributed by atoms with Gasteiger partial charge in [0.15, 0.2) is 5.65 Å². The number of fused-ring (bicyclic) bond motifs is 1. The highest BCUT2D eigenvalue weighted by Crippen LogP contribution is 2.33. The van der Waals surface area contributed by atoms with Crippen LogP contribution in [0.2, 0.25) is 0 Å². The van der Waals surface area contributed by atoms with Crippen molar-refractivity contribution in [2.75, 3.05) is 13.6 Å². The van der Waals surface area contributed by atoms with Crippen LogP contribution in [-0.4, -0.2) is 50.2 Å². The second kappa shape index (κ2) is 6.29. The van der Waals surface area contributed by atoms with E-state index in [1.165, 1.54) is 0 Å². The quantitative estimate of drug-likeness (QED) is 0.776. The van der Waals surface area contributed by atoms with Crippen LogP contribution < -0.4 is 0 Å². The van der Waals surface area contributed by atoms with Crippen molar-refractivity contribution in [2.45, 2.75) is 18.9 Å². The van der Waals surface area contributed by atoms with Gasteiger partial charge in [0, 0.05) is 25.4 Å². The highest BCUT2D eigenvalue weighted by molar-refractivity contribution is 5.99. The molecule has 1 aromatic carbocycles. The molecule has 0 saturated heterocycles. The first-order chi connectivity index (χ1) is 12.1. The van der Waals surface area contributed by atoms with E-state index < -0.39 is 6.10 Å². The topological polar surface area (TPSA) is 70.7 Å².